The lowest BCUT2D eigenvalue weighted by molar-refractivity contribution is -0.279. The smallest absolute Gasteiger partial charge is 0.432 e. The quantitative estimate of drug-likeness (QED) is 0.0297. The van der Waals surface area contributed by atoms with Gasteiger partial charge in [-0.25, -0.2) is 29.1 Å². The molecule has 0 spiro atoms. The van der Waals surface area contributed by atoms with Crippen molar-refractivity contribution >= 4 is 75.7 Å². The summed E-state index contributed by atoms with van der Waals surface area (Å²) in [5.41, 5.74) is -9.10. The molecule has 2 aromatic heterocycles. The van der Waals surface area contributed by atoms with Crippen molar-refractivity contribution in [1.82, 2.24) is 9.97 Å². The number of carbonyl (C=O) groups is 5. The Morgan fingerprint density at radius 1 is 0.681 bits per heavy atom. The summed E-state index contributed by atoms with van der Waals surface area (Å²) in [7, 11) is 1.35. The number of benzene rings is 2. The fourth-order valence-electron chi connectivity index (χ4n) is 6.71. The summed E-state index contributed by atoms with van der Waals surface area (Å²) < 4.78 is 124. The number of ether oxygens (including phenoxy) is 7. The fraction of sp³-hybridized carbons (Fsp3) is 0.489. The number of carbonyl (C=O) groups excluding carboxylic acids is 5. The maximum atomic E-state index is 14.8. The number of alkyl halides is 8. The highest BCUT2D eigenvalue weighted by atomic mass is 35.5. The van der Waals surface area contributed by atoms with Crippen LogP contribution in [0.15, 0.2) is 71.4 Å². The van der Waals surface area contributed by atoms with Gasteiger partial charge in [0.15, 0.2) is 23.6 Å². The van der Waals surface area contributed by atoms with E-state index in [0.29, 0.717) is 25.6 Å². The first-order chi connectivity index (χ1) is 32.3. The van der Waals surface area contributed by atoms with Gasteiger partial charge in [0.05, 0.1) is 12.5 Å². The maximum Gasteiger partial charge on any atom is 0.432 e. The molecule has 0 radical (unpaired) electrons. The van der Waals surface area contributed by atoms with Crippen LogP contribution in [0.1, 0.15) is 108 Å². The van der Waals surface area contributed by atoms with Crippen LogP contribution in [0.3, 0.4) is 0 Å². The first-order valence-corrected chi connectivity index (χ1v) is 23.4. The van der Waals surface area contributed by atoms with E-state index >= 15 is 0 Å². The van der Waals surface area contributed by atoms with Crippen LogP contribution in [0.4, 0.5) is 26.3 Å². The summed E-state index contributed by atoms with van der Waals surface area (Å²) in [5, 5.41) is 2.19. The third-order valence-electron chi connectivity index (χ3n) is 10.4. The van der Waals surface area contributed by atoms with E-state index in [1.165, 1.54) is 67.9 Å². The lowest BCUT2D eigenvalue weighted by Gasteiger charge is -2.35. The zero-order chi connectivity index (χ0) is 51.5. The second kappa shape index (κ2) is 23.8. The predicted octanol–water partition coefficient (Wildman–Crippen LogP) is 10.6. The molecule has 4 aromatic rings. The molecule has 0 saturated heterocycles. The molecule has 0 amide bonds. The minimum Gasteiger partial charge on any atom is -0.461 e. The van der Waals surface area contributed by atoms with E-state index in [9.17, 15) is 50.3 Å². The van der Waals surface area contributed by atoms with Gasteiger partial charge in [0.25, 0.3) is 11.2 Å². The van der Waals surface area contributed by atoms with Gasteiger partial charge in [-0.1, -0.05) is 74.5 Å². The summed E-state index contributed by atoms with van der Waals surface area (Å²) >= 11 is 13.8. The molecule has 0 N–H and O–H groups in total. The summed E-state index contributed by atoms with van der Waals surface area (Å²) in [6.45, 7) is 6.55. The van der Waals surface area contributed by atoms with E-state index in [0.717, 1.165) is 35.6 Å². The SMILES string of the molecule is CCOC(=O)c1csc([C@@H](COC(=O)c2csc([C@@H](OC(=O)[C@@H](C)[C@H](CCCC(C)(Cl)Cl)OC(=O)[C@@](OC)(c3ccccc3)C(F)(F)F)C(C)C)n2)OC(=O)[C@@](OC)(c2ccccc2)C(F)(F)F)n1. The molecule has 2 heterocycles. The summed E-state index contributed by atoms with van der Waals surface area (Å²) in [4.78, 5) is 75.4. The topological polar surface area (TPSA) is 176 Å². The Labute approximate surface area is 410 Å². The highest BCUT2D eigenvalue weighted by molar-refractivity contribution is 7.10. The molecule has 4 rings (SSSR count). The van der Waals surface area contributed by atoms with Crippen molar-refractivity contribution in [2.75, 3.05) is 27.4 Å². The van der Waals surface area contributed by atoms with E-state index in [-0.39, 0.29) is 47.3 Å². The molecule has 0 aliphatic rings. The van der Waals surface area contributed by atoms with Crippen molar-refractivity contribution in [3.63, 3.8) is 0 Å². The second-order valence-corrected chi connectivity index (χ2v) is 19.3. The third-order valence-corrected chi connectivity index (χ3v) is 12.6. The highest BCUT2D eigenvalue weighted by Gasteiger charge is 2.65. The molecule has 0 aliphatic heterocycles. The molecule has 0 saturated carbocycles. The molecule has 69 heavy (non-hydrogen) atoms. The van der Waals surface area contributed by atoms with E-state index in [2.05, 4.69) is 9.97 Å². The molecule has 6 atom stereocenters. The van der Waals surface area contributed by atoms with Crippen LogP contribution in [0.2, 0.25) is 0 Å². The van der Waals surface area contributed by atoms with Crippen LogP contribution >= 0.6 is 45.9 Å². The normalized spacial score (nSPS) is 15.7. The van der Waals surface area contributed by atoms with Crippen molar-refractivity contribution in [2.24, 2.45) is 11.8 Å². The molecule has 0 fully saturated rings. The van der Waals surface area contributed by atoms with Gasteiger partial charge >= 0.3 is 42.2 Å². The van der Waals surface area contributed by atoms with Gasteiger partial charge in [0.1, 0.15) is 27.1 Å². The zero-order valence-corrected chi connectivity index (χ0v) is 41.1. The number of esters is 5. The number of aromatic nitrogens is 2. The van der Waals surface area contributed by atoms with Crippen molar-refractivity contribution in [2.45, 2.75) is 100 Å². The highest BCUT2D eigenvalue weighted by Crippen LogP contribution is 2.46. The molecule has 24 heteroatoms. The second-order valence-electron chi connectivity index (χ2n) is 15.6. The Hall–Kier alpha value is -4.87. The largest absolute Gasteiger partial charge is 0.461 e. The zero-order valence-electron chi connectivity index (χ0n) is 38.0. The number of nitrogens with zero attached hydrogens (tertiary/aromatic N) is 2. The van der Waals surface area contributed by atoms with Gasteiger partial charge in [-0.05, 0) is 46.0 Å². The average molecular weight is 1060 g/mol. The van der Waals surface area contributed by atoms with Gasteiger partial charge in [-0.2, -0.15) is 26.3 Å². The molecule has 14 nitrogen and oxygen atoms in total. The van der Waals surface area contributed by atoms with E-state index in [1.54, 1.807) is 13.8 Å². The summed E-state index contributed by atoms with van der Waals surface area (Å²) in [6, 6.07) is 12.0. The van der Waals surface area contributed by atoms with Crippen LogP contribution in [0, 0.1) is 11.8 Å². The molecule has 378 valence electrons. The number of hydrogen-bond acceptors (Lipinski definition) is 16. The fourth-order valence-corrected chi connectivity index (χ4v) is 8.77. The van der Waals surface area contributed by atoms with Crippen molar-refractivity contribution in [1.29, 1.82) is 0 Å². The van der Waals surface area contributed by atoms with Crippen LogP contribution in [0.25, 0.3) is 0 Å². The summed E-state index contributed by atoms with van der Waals surface area (Å²) in [5.74, 6) is -8.88. The Morgan fingerprint density at radius 3 is 1.59 bits per heavy atom. The molecular weight excluding hydrogens is 1010 g/mol. The number of rotatable bonds is 23. The molecule has 0 aliphatic carbocycles. The standard InChI is InChI=1S/C45H48Cl2F6N2O12S2/c1-8-63-37(57)29-23-68-34(54-29)32(66-40(60)43(62-7,45(51,52)53)28-18-13-10-14-19-28)22-64-38(58)30-24-69-35(55-30)33(25(2)3)67-36(56)26(4)31(20-15-21-41(5,46)47)65-39(59)42(61-6,44(48,49)50)27-16-11-9-12-17-27/h9-14,16-19,23-26,31-33H,8,15,20-22H2,1-7H3/t26-,31-,32+,33-,42-,43-/m0/s1. The molecule has 0 bridgehead atoms. The van der Waals surface area contributed by atoms with Gasteiger partial charge in [-0.3, -0.25) is 4.79 Å². The molecular formula is C45H48Cl2F6N2O12S2. The van der Waals surface area contributed by atoms with Gasteiger partial charge in [-0.15, -0.1) is 45.9 Å². The van der Waals surface area contributed by atoms with Crippen molar-refractivity contribution < 1.29 is 83.5 Å². The average Bonchev–Trinajstić information content (AvgIpc) is 3.98. The molecule has 0 unspecified atom stereocenters. The van der Waals surface area contributed by atoms with Crippen molar-refractivity contribution in [3.8, 4) is 0 Å². The Balaban J connectivity index is 1.59. The lowest BCUT2D eigenvalue weighted by Crippen LogP contribution is -2.53. The molecule has 2 aromatic carbocycles. The lowest BCUT2D eigenvalue weighted by atomic mass is 9.92. The first kappa shape index (κ1) is 56.7. The predicted molar refractivity (Wildman–Crippen MR) is 238 cm³/mol. The number of methoxy groups -OCH3 is 2. The Kier molecular flexibility index (Phi) is 19.6. The number of hydrogen-bond donors (Lipinski definition) is 0. The monoisotopic (exact) mass is 1060 g/mol. The minimum atomic E-state index is -5.38. The first-order valence-electron chi connectivity index (χ1n) is 20.9. The van der Waals surface area contributed by atoms with Crippen LogP contribution in [-0.2, 0) is 58.7 Å². The van der Waals surface area contributed by atoms with E-state index < -0.39 is 106 Å². The van der Waals surface area contributed by atoms with Gasteiger partial charge in [0.2, 0.25) is 0 Å². The van der Waals surface area contributed by atoms with Crippen LogP contribution in [-0.4, -0.2) is 90.0 Å². The van der Waals surface area contributed by atoms with Gasteiger partial charge < -0.3 is 33.2 Å². The summed E-state index contributed by atoms with van der Waals surface area (Å²) in [6.07, 6.45) is -15.3. The van der Waals surface area contributed by atoms with Crippen LogP contribution in [0.5, 0.6) is 0 Å². The third kappa shape index (κ3) is 13.5. The maximum absolute atomic E-state index is 14.8. The van der Waals surface area contributed by atoms with Crippen molar-refractivity contribution in [3.05, 3.63) is 104 Å². The minimum absolute atomic E-state index is 0.0329. The van der Waals surface area contributed by atoms with E-state index in [4.69, 9.17) is 56.4 Å². The van der Waals surface area contributed by atoms with Gasteiger partial charge in [0, 0.05) is 36.1 Å². The Morgan fingerprint density at radius 2 is 1.14 bits per heavy atom. The number of thiazole rings is 2. The Bertz CT molecular complexity index is 2370. The number of halogens is 8. The van der Waals surface area contributed by atoms with E-state index in [1.807, 2.05) is 0 Å². The van der Waals surface area contributed by atoms with Crippen LogP contribution < -0.4 is 0 Å².